The first-order valence-electron chi connectivity index (χ1n) is 10.4. The molecule has 0 aromatic rings. The number of carbonyl (C=O) groups is 1. The number of fused-ring (bicyclic) bond motifs is 1. The van der Waals surface area contributed by atoms with Crippen molar-refractivity contribution in [1.29, 1.82) is 0 Å². The van der Waals surface area contributed by atoms with Gasteiger partial charge in [0.05, 0.1) is 12.2 Å². The second-order valence-corrected chi connectivity index (χ2v) is 9.60. The number of likely N-dealkylation sites (tertiary alicyclic amines) is 1. The molecule has 4 fully saturated rings. The molecule has 0 aromatic heterocycles. The SMILES string of the molecule is CC1(O)C2CC3C=CC(=O)C4OCC1(CC(CCO)N2CC1CCC1)C34. The van der Waals surface area contributed by atoms with Gasteiger partial charge in [0.15, 0.2) is 5.78 Å². The van der Waals surface area contributed by atoms with E-state index in [1.165, 1.54) is 19.3 Å². The van der Waals surface area contributed by atoms with Gasteiger partial charge in [-0.05, 0) is 56.9 Å². The lowest BCUT2D eigenvalue weighted by Gasteiger charge is -2.65. The molecule has 5 nitrogen and oxygen atoms in total. The summed E-state index contributed by atoms with van der Waals surface area (Å²) in [6.07, 6.45) is 9.75. The Morgan fingerprint density at radius 3 is 2.88 bits per heavy atom. The lowest BCUT2D eigenvalue weighted by Crippen LogP contribution is -2.74. The van der Waals surface area contributed by atoms with Gasteiger partial charge >= 0.3 is 0 Å². The molecule has 26 heavy (non-hydrogen) atoms. The second kappa shape index (κ2) is 5.87. The molecule has 0 aromatic carbocycles. The van der Waals surface area contributed by atoms with E-state index >= 15 is 0 Å². The summed E-state index contributed by atoms with van der Waals surface area (Å²) in [6, 6.07) is 0.352. The fourth-order valence-corrected chi connectivity index (χ4v) is 6.90. The fourth-order valence-electron chi connectivity index (χ4n) is 6.90. The first-order chi connectivity index (χ1) is 12.5. The van der Waals surface area contributed by atoms with Crippen molar-refractivity contribution in [2.75, 3.05) is 19.8 Å². The van der Waals surface area contributed by atoms with E-state index in [9.17, 15) is 15.0 Å². The number of aliphatic hydroxyl groups is 2. The van der Waals surface area contributed by atoms with E-state index in [1.807, 2.05) is 6.92 Å². The van der Waals surface area contributed by atoms with Crippen molar-refractivity contribution >= 4 is 5.78 Å². The Labute approximate surface area is 155 Å². The number of ketones is 1. The van der Waals surface area contributed by atoms with Gasteiger partial charge in [0, 0.05) is 36.6 Å². The van der Waals surface area contributed by atoms with Gasteiger partial charge in [-0.3, -0.25) is 9.69 Å². The van der Waals surface area contributed by atoms with Crippen LogP contribution >= 0.6 is 0 Å². The van der Waals surface area contributed by atoms with Crippen LogP contribution in [0.1, 0.15) is 45.4 Å². The zero-order valence-electron chi connectivity index (χ0n) is 15.6. The summed E-state index contributed by atoms with van der Waals surface area (Å²) in [7, 11) is 0. The summed E-state index contributed by atoms with van der Waals surface area (Å²) in [4.78, 5) is 14.9. The van der Waals surface area contributed by atoms with Crippen LogP contribution in [-0.4, -0.2) is 64.4 Å². The van der Waals surface area contributed by atoms with Gasteiger partial charge in [0.25, 0.3) is 0 Å². The average molecular weight is 361 g/mol. The third-order valence-corrected chi connectivity index (χ3v) is 8.51. The predicted octanol–water partition coefficient (Wildman–Crippen LogP) is 1.52. The number of nitrogens with zero attached hydrogens (tertiary/aromatic N) is 1. The normalized spacial score (nSPS) is 50.6. The molecule has 5 heteroatoms. The van der Waals surface area contributed by atoms with Gasteiger partial charge in [-0.1, -0.05) is 12.5 Å². The Kier molecular flexibility index (Phi) is 3.92. The molecule has 1 spiro atoms. The van der Waals surface area contributed by atoms with Crippen molar-refractivity contribution in [2.24, 2.45) is 23.2 Å². The highest BCUT2D eigenvalue weighted by molar-refractivity contribution is 5.95. The average Bonchev–Trinajstić information content (AvgIpc) is 2.94. The molecule has 3 aliphatic carbocycles. The molecule has 2 saturated heterocycles. The number of hydrogen-bond acceptors (Lipinski definition) is 5. The molecule has 0 amide bonds. The van der Waals surface area contributed by atoms with E-state index in [2.05, 4.69) is 11.0 Å². The van der Waals surface area contributed by atoms with Crippen LogP contribution in [0, 0.1) is 23.2 Å². The molecule has 5 rings (SSSR count). The van der Waals surface area contributed by atoms with Gasteiger partial charge < -0.3 is 14.9 Å². The zero-order chi connectivity index (χ0) is 18.1. The number of ether oxygens (including phenoxy) is 1. The number of carbonyl (C=O) groups excluding carboxylic acids is 1. The van der Waals surface area contributed by atoms with Crippen LogP contribution in [0.5, 0.6) is 0 Å². The summed E-state index contributed by atoms with van der Waals surface area (Å²) < 4.78 is 6.03. The Hall–Kier alpha value is -0.750. The van der Waals surface area contributed by atoms with Crippen molar-refractivity contribution in [3.05, 3.63) is 12.2 Å². The highest BCUT2D eigenvalue weighted by Crippen LogP contribution is 2.63. The van der Waals surface area contributed by atoms with E-state index in [0.29, 0.717) is 12.5 Å². The Morgan fingerprint density at radius 1 is 1.38 bits per heavy atom. The number of rotatable bonds is 4. The van der Waals surface area contributed by atoms with E-state index in [4.69, 9.17) is 4.74 Å². The highest BCUT2D eigenvalue weighted by Gasteiger charge is 2.71. The molecular formula is C21H31NO4. The largest absolute Gasteiger partial charge is 0.396 e. The summed E-state index contributed by atoms with van der Waals surface area (Å²) in [6.45, 7) is 3.67. The van der Waals surface area contributed by atoms with Gasteiger partial charge in [-0.15, -0.1) is 0 Å². The molecule has 2 heterocycles. The third kappa shape index (κ3) is 2.15. The van der Waals surface area contributed by atoms with Crippen molar-refractivity contribution in [3.63, 3.8) is 0 Å². The first kappa shape index (κ1) is 17.4. The standard InChI is InChI=1S/C21H31NO4/c1-20(25)17-9-14-5-6-16(24)19-18(14)21(20,12-26-19)10-15(7-8-23)22(17)11-13-3-2-4-13/h5-6,13-15,17-19,23,25H,2-4,7-12H2,1H3. The number of hydrogen-bond donors (Lipinski definition) is 2. The van der Waals surface area contributed by atoms with Crippen LogP contribution in [0.4, 0.5) is 0 Å². The molecule has 2 saturated carbocycles. The van der Waals surface area contributed by atoms with Crippen molar-refractivity contribution in [2.45, 2.75) is 69.2 Å². The first-order valence-corrected chi connectivity index (χ1v) is 10.4. The number of piperidine rings is 1. The molecular weight excluding hydrogens is 330 g/mol. The van der Waals surface area contributed by atoms with Crippen LogP contribution in [0.25, 0.3) is 0 Å². The zero-order valence-corrected chi connectivity index (χ0v) is 15.6. The quantitative estimate of drug-likeness (QED) is 0.795. The van der Waals surface area contributed by atoms with Crippen molar-refractivity contribution in [3.8, 4) is 0 Å². The fraction of sp³-hybridized carbons (Fsp3) is 0.857. The molecule has 2 N–H and O–H groups in total. The maximum atomic E-state index is 12.4. The third-order valence-electron chi connectivity index (χ3n) is 8.51. The molecule has 7 atom stereocenters. The van der Waals surface area contributed by atoms with Gasteiger partial charge in [0.2, 0.25) is 0 Å². The van der Waals surface area contributed by atoms with E-state index in [1.54, 1.807) is 6.08 Å². The molecule has 2 aliphatic heterocycles. The number of allylic oxidation sites excluding steroid dienone is 1. The molecule has 5 aliphatic rings. The summed E-state index contributed by atoms with van der Waals surface area (Å²) in [5.74, 6) is 1.19. The van der Waals surface area contributed by atoms with Crippen LogP contribution in [0.2, 0.25) is 0 Å². The summed E-state index contributed by atoms with van der Waals surface area (Å²) in [5.41, 5.74) is -1.23. The van der Waals surface area contributed by atoms with Crippen molar-refractivity contribution < 1.29 is 19.7 Å². The maximum absolute atomic E-state index is 12.4. The second-order valence-electron chi connectivity index (χ2n) is 9.60. The lowest BCUT2D eigenvalue weighted by atomic mass is 9.47. The van der Waals surface area contributed by atoms with E-state index < -0.39 is 5.60 Å². The monoisotopic (exact) mass is 361 g/mol. The lowest BCUT2D eigenvalue weighted by molar-refractivity contribution is -0.228. The van der Waals surface area contributed by atoms with Crippen LogP contribution < -0.4 is 0 Å². The minimum Gasteiger partial charge on any atom is -0.396 e. The summed E-state index contributed by atoms with van der Waals surface area (Å²) >= 11 is 0. The number of aliphatic hydroxyl groups excluding tert-OH is 1. The van der Waals surface area contributed by atoms with Crippen LogP contribution in [0.3, 0.4) is 0 Å². The van der Waals surface area contributed by atoms with Gasteiger partial charge in [0.1, 0.15) is 6.10 Å². The summed E-state index contributed by atoms with van der Waals surface area (Å²) in [5, 5.41) is 21.5. The predicted molar refractivity (Wildman–Crippen MR) is 96.5 cm³/mol. The molecule has 2 bridgehead atoms. The van der Waals surface area contributed by atoms with E-state index in [-0.39, 0.29) is 41.9 Å². The molecule has 144 valence electrons. The van der Waals surface area contributed by atoms with Crippen LogP contribution in [-0.2, 0) is 9.53 Å². The smallest absolute Gasteiger partial charge is 0.184 e. The van der Waals surface area contributed by atoms with Crippen LogP contribution in [0.15, 0.2) is 12.2 Å². The Balaban J connectivity index is 1.55. The van der Waals surface area contributed by atoms with Gasteiger partial charge in [-0.25, -0.2) is 0 Å². The molecule has 7 unspecified atom stereocenters. The Morgan fingerprint density at radius 2 is 2.19 bits per heavy atom. The Bertz CT molecular complexity index is 628. The minimum atomic E-state index is -0.857. The van der Waals surface area contributed by atoms with Crippen molar-refractivity contribution in [1.82, 2.24) is 4.90 Å². The van der Waals surface area contributed by atoms with Gasteiger partial charge in [-0.2, -0.15) is 0 Å². The van der Waals surface area contributed by atoms with E-state index in [0.717, 1.165) is 31.7 Å². The highest BCUT2D eigenvalue weighted by atomic mass is 16.5. The molecule has 0 radical (unpaired) electrons. The topological polar surface area (TPSA) is 70.0 Å². The maximum Gasteiger partial charge on any atom is 0.184 e. The minimum absolute atomic E-state index is 0.0629.